The molecule has 0 aromatic heterocycles. The molecule has 2 rings (SSSR count). The molecule has 0 spiro atoms. The van der Waals surface area contributed by atoms with E-state index < -0.39 is 9.84 Å². The smallest absolute Gasteiger partial charge is 0.178 e. The Labute approximate surface area is 116 Å². The number of sulfone groups is 1. The van der Waals surface area contributed by atoms with Crippen LogP contribution in [0.25, 0.3) is 0 Å². The molecule has 1 aliphatic carbocycles. The summed E-state index contributed by atoms with van der Waals surface area (Å²) in [6, 6.07) is 7.15. The highest BCUT2D eigenvalue weighted by atomic mass is 32.2. The Morgan fingerprint density at radius 2 is 1.89 bits per heavy atom. The topological polar surface area (TPSA) is 34.1 Å². The number of hydrogen-bond acceptors (Lipinski definition) is 2. The number of allylic oxidation sites excluding steroid dienone is 1. The van der Waals surface area contributed by atoms with E-state index in [4.69, 9.17) is 0 Å². The van der Waals surface area contributed by atoms with Gasteiger partial charge in [0.05, 0.1) is 10.6 Å². The van der Waals surface area contributed by atoms with Crippen molar-refractivity contribution in [3.05, 3.63) is 42.5 Å². The van der Waals surface area contributed by atoms with Crippen LogP contribution in [0.15, 0.2) is 41.8 Å². The van der Waals surface area contributed by atoms with Crippen LogP contribution in [0, 0.1) is 24.7 Å². The van der Waals surface area contributed by atoms with Crippen LogP contribution in [0.2, 0.25) is 0 Å². The molecule has 1 aromatic carbocycles. The third kappa shape index (κ3) is 3.08. The Morgan fingerprint density at radius 1 is 1.26 bits per heavy atom. The van der Waals surface area contributed by atoms with E-state index in [1.165, 1.54) is 0 Å². The fourth-order valence-corrected chi connectivity index (χ4v) is 4.81. The van der Waals surface area contributed by atoms with Crippen molar-refractivity contribution in [2.45, 2.75) is 31.6 Å². The molecule has 0 radical (unpaired) electrons. The fourth-order valence-electron chi connectivity index (χ4n) is 2.98. The minimum absolute atomic E-state index is 0.212. The molecule has 3 heteroatoms. The van der Waals surface area contributed by atoms with Crippen molar-refractivity contribution in [3.63, 3.8) is 0 Å². The van der Waals surface area contributed by atoms with Crippen molar-refractivity contribution in [1.29, 1.82) is 0 Å². The van der Waals surface area contributed by atoms with Gasteiger partial charge >= 0.3 is 0 Å². The third-order valence-corrected chi connectivity index (χ3v) is 6.15. The second kappa shape index (κ2) is 5.49. The minimum atomic E-state index is -3.18. The summed E-state index contributed by atoms with van der Waals surface area (Å²) in [5.41, 5.74) is 1.08. The lowest BCUT2D eigenvalue weighted by Crippen LogP contribution is -2.23. The van der Waals surface area contributed by atoms with Gasteiger partial charge < -0.3 is 0 Å². The molecule has 0 N–H and O–H groups in total. The quantitative estimate of drug-likeness (QED) is 0.788. The maximum absolute atomic E-state index is 12.5. The van der Waals surface area contributed by atoms with Crippen molar-refractivity contribution >= 4 is 9.84 Å². The van der Waals surface area contributed by atoms with E-state index in [0.717, 1.165) is 18.4 Å². The fraction of sp³-hybridized carbons (Fsp3) is 0.500. The first kappa shape index (κ1) is 14.3. The van der Waals surface area contributed by atoms with Crippen molar-refractivity contribution in [1.82, 2.24) is 0 Å². The van der Waals surface area contributed by atoms with Crippen molar-refractivity contribution in [2.75, 3.05) is 5.75 Å². The monoisotopic (exact) mass is 278 g/mol. The first-order chi connectivity index (χ1) is 8.94. The predicted molar refractivity (Wildman–Crippen MR) is 78.8 cm³/mol. The van der Waals surface area contributed by atoms with Gasteiger partial charge in [-0.05, 0) is 49.7 Å². The average molecular weight is 278 g/mol. The summed E-state index contributed by atoms with van der Waals surface area (Å²) in [5.74, 6) is 1.26. The molecule has 3 atom stereocenters. The minimum Gasteiger partial charge on any atom is -0.224 e. The van der Waals surface area contributed by atoms with Gasteiger partial charge in [0.2, 0.25) is 0 Å². The van der Waals surface area contributed by atoms with Crippen LogP contribution in [-0.2, 0) is 9.84 Å². The summed E-state index contributed by atoms with van der Waals surface area (Å²) in [6.45, 7) is 7.96. The zero-order valence-electron chi connectivity index (χ0n) is 11.7. The van der Waals surface area contributed by atoms with Gasteiger partial charge in [0, 0.05) is 0 Å². The molecule has 1 aromatic rings. The zero-order valence-corrected chi connectivity index (χ0v) is 12.5. The van der Waals surface area contributed by atoms with Gasteiger partial charge in [-0.1, -0.05) is 30.7 Å². The maximum atomic E-state index is 12.5. The molecule has 2 unspecified atom stereocenters. The lowest BCUT2D eigenvalue weighted by molar-refractivity contribution is 0.405. The van der Waals surface area contributed by atoms with Crippen molar-refractivity contribution in [3.8, 4) is 0 Å². The van der Waals surface area contributed by atoms with Gasteiger partial charge in [-0.2, -0.15) is 0 Å². The standard InChI is InChI=1S/C16H22O2S/c1-4-14-8-7-13(3)16(14)11-19(17,18)15-9-5-12(2)6-10-15/h4-6,9-10,13-14,16H,1,7-8,11H2,2-3H3/t13-,14?,16?/m1/s1. The van der Waals surface area contributed by atoms with Crippen LogP contribution in [-0.4, -0.2) is 14.2 Å². The van der Waals surface area contributed by atoms with Gasteiger partial charge in [0.25, 0.3) is 0 Å². The predicted octanol–water partition coefficient (Wildman–Crippen LogP) is 3.62. The number of rotatable bonds is 4. The Hall–Kier alpha value is -1.09. The first-order valence-electron chi connectivity index (χ1n) is 6.86. The highest BCUT2D eigenvalue weighted by Gasteiger charge is 2.35. The van der Waals surface area contributed by atoms with Crippen molar-refractivity contribution in [2.24, 2.45) is 17.8 Å². The van der Waals surface area contributed by atoms with Gasteiger partial charge in [0.15, 0.2) is 9.84 Å². The third-order valence-electron chi connectivity index (χ3n) is 4.33. The van der Waals surface area contributed by atoms with Crippen molar-refractivity contribution < 1.29 is 8.42 Å². The van der Waals surface area contributed by atoms with Crippen LogP contribution in [0.5, 0.6) is 0 Å². The zero-order chi connectivity index (χ0) is 14.0. The summed E-state index contributed by atoms with van der Waals surface area (Å²) in [4.78, 5) is 0.444. The molecule has 0 amide bonds. The van der Waals surface area contributed by atoms with Crippen LogP contribution in [0.1, 0.15) is 25.3 Å². The molecule has 0 bridgehead atoms. The summed E-state index contributed by atoms with van der Waals surface area (Å²) in [7, 11) is -3.18. The first-order valence-corrected chi connectivity index (χ1v) is 8.51. The second-order valence-corrected chi connectivity index (χ2v) is 7.75. The highest BCUT2D eigenvalue weighted by Crippen LogP contribution is 2.39. The van der Waals surface area contributed by atoms with Crippen LogP contribution in [0.4, 0.5) is 0 Å². The van der Waals surface area contributed by atoms with E-state index in [2.05, 4.69) is 13.5 Å². The molecule has 0 aliphatic heterocycles. The molecule has 2 nitrogen and oxygen atoms in total. The normalized spacial score (nSPS) is 27.4. The van der Waals surface area contributed by atoms with Gasteiger partial charge in [-0.15, -0.1) is 6.58 Å². The summed E-state index contributed by atoms with van der Waals surface area (Å²) in [6.07, 6.45) is 4.10. The molecule has 1 aliphatic rings. The SMILES string of the molecule is C=CC1CC[C@@H](C)C1CS(=O)(=O)c1ccc(C)cc1. The van der Waals surface area contributed by atoms with E-state index in [-0.39, 0.29) is 11.7 Å². The highest BCUT2D eigenvalue weighted by molar-refractivity contribution is 7.91. The number of aryl methyl sites for hydroxylation is 1. The van der Waals surface area contributed by atoms with Crippen LogP contribution in [0.3, 0.4) is 0 Å². The van der Waals surface area contributed by atoms with Crippen LogP contribution >= 0.6 is 0 Å². The Morgan fingerprint density at radius 3 is 2.47 bits per heavy atom. The molecule has 19 heavy (non-hydrogen) atoms. The molecular formula is C16H22O2S. The molecule has 0 saturated heterocycles. The Kier molecular flexibility index (Phi) is 4.14. The lowest BCUT2D eigenvalue weighted by atomic mass is 9.92. The average Bonchev–Trinajstić information content (AvgIpc) is 2.70. The largest absolute Gasteiger partial charge is 0.224 e. The van der Waals surface area contributed by atoms with E-state index in [0.29, 0.717) is 16.7 Å². The molecule has 104 valence electrons. The lowest BCUT2D eigenvalue weighted by Gasteiger charge is -2.20. The molecule has 1 fully saturated rings. The number of benzene rings is 1. The second-order valence-electron chi connectivity index (χ2n) is 5.71. The summed E-state index contributed by atoms with van der Waals surface area (Å²) >= 11 is 0. The molecule has 0 heterocycles. The number of hydrogen-bond donors (Lipinski definition) is 0. The van der Waals surface area contributed by atoms with E-state index in [1.54, 1.807) is 12.1 Å². The van der Waals surface area contributed by atoms with E-state index in [1.807, 2.05) is 25.1 Å². The molecular weight excluding hydrogens is 256 g/mol. The Bertz CT molecular complexity index is 543. The maximum Gasteiger partial charge on any atom is 0.178 e. The van der Waals surface area contributed by atoms with Gasteiger partial charge in [0.1, 0.15) is 0 Å². The Balaban J connectivity index is 2.21. The van der Waals surface area contributed by atoms with Gasteiger partial charge in [-0.25, -0.2) is 8.42 Å². The van der Waals surface area contributed by atoms with E-state index >= 15 is 0 Å². The van der Waals surface area contributed by atoms with E-state index in [9.17, 15) is 8.42 Å². The molecule has 1 saturated carbocycles. The van der Waals surface area contributed by atoms with Crippen LogP contribution < -0.4 is 0 Å². The summed E-state index contributed by atoms with van der Waals surface area (Å²) in [5, 5.41) is 0. The summed E-state index contributed by atoms with van der Waals surface area (Å²) < 4.78 is 24.9. The van der Waals surface area contributed by atoms with Gasteiger partial charge in [-0.3, -0.25) is 0 Å².